The summed E-state index contributed by atoms with van der Waals surface area (Å²) in [5.74, 6) is -1.17. The third-order valence-corrected chi connectivity index (χ3v) is 3.30. The minimum Gasteiger partial charge on any atom is -0.479 e. The number of hydrogen-bond donors (Lipinski definition) is 2. The van der Waals surface area contributed by atoms with Gasteiger partial charge in [0.15, 0.2) is 11.9 Å². The maximum absolute atomic E-state index is 11.5. The number of halogens is 2. The number of rotatable bonds is 5. The molecule has 17 heavy (non-hydrogen) atoms. The number of carboxylic acids is 1. The van der Waals surface area contributed by atoms with E-state index in [0.29, 0.717) is 9.13 Å². The van der Waals surface area contributed by atoms with Crippen molar-refractivity contribution < 1.29 is 19.8 Å². The summed E-state index contributed by atoms with van der Waals surface area (Å²) in [5.41, 5.74) is 0.747. The number of carbonyl (C=O) groups excluding carboxylic acids is 1. The monoisotopic (exact) mass is 368 g/mol. The molecule has 0 aliphatic rings. The van der Waals surface area contributed by atoms with Gasteiger partial charge in [-0.3, -0.25) is 4.79 Å². The Kier molecular flexibility index (Phi) is 5.35. The van der Waals surface area contributed by atoms with Gasteiger partial charge in [-0.2, -0.15) is 0 Å². The average molecular weight is 369 g/mol. The van der Waals surface area contributed by atoms with Gasteiger partial charge in [-0.15, -0.1) is 11.6 Å². The SMILES string of the molecule is O=C(CCCl)c1ccc(C(O)C(=O)O)c(I)c1. The summed E-state index contributed by atoms with van der Waals surface area (Å²) in [6.07, 6.45) is -1.34. The zero-order chi connectivity index (χ0) is 13.0. The lowest BCUT2D eigenvalue weighted by Crippen LogP contribution is -2.12. The quantitative estimate of drug-likeness (QED) is 0.475. The number of Topliss-reactive ketones (excluding diaryl/α,β-unsaturated/α-hetero) is 1. The predicted octanol–water partition coefficient (Wildman–Crippen LogP) is 2.22. The van der Waals surface area contributed by atoms with Crippen LogP contribution in [0.15, 0.2) is 18.2 Å². The highest BCUT2D eigenvalue weighted by molar-refractivity contribution is 14.1. The van der Waals surface area contributed by atoms with Crippen LogP contribution >= 0.6 is 34.2 Å². The molecule has 0 spiro atoms. The Bertz CT molecular complexity index is 447. The molecule has 0 bridgehead atoms. The fourth-order valence-corrected chi connectivity index (χ4v) is 2.27. The summed E-state index contributed by atoms with van der Waals surface area (Å²) in [5, 5.41) is 18.1. The van der Waals surface area contributed by atoms with Crippen LogP contribution in [0.5, 0.6) is 0 Å². The van der Waals surface area contributed by atoms with Crippen LogP contribution < -0.4 is 0 Å². The second-order valence-corrected chi connectivity index (χ2v) is 4.88. The maximum atomic E-state index is 11.5. The second kappa shape index (κ2) is 6.32. The standard InChI is InChI=1S/C11H10ClIO4/c12-4-3-9(14)6-1-2-7(8(13)5-6)10(15)11(16)17/h1-2,5,10,15H,3-4H2,(H,16,17). The van der Waals surface area contributed by atoms with E-state index in [-0.39, 0.29) is 23.6 Å². The van der Waals surface area contributed by atoms with Crippen LogP contribution in [0, 0.1) is 3.57 Å². The van der Waals surface area contributed by atoms with Crippen molar-refractivity contribution in [1.82, 2.24) is 0 Å². The molecule has 1 aromatic carbocycles. The van der Waals surface area contributed by atoms with E-state index >= 15 is 0 Å². The molecule has 1 unspecified atom stereocenters. The number of ketones is 1. The number of hydrogen-bond acceptors (Lipinski definition) is 3. The maximum Gasteiger partial charge on any atom is 0.337 e. The number of aliphatic hydroxyl groups excluding tert-OH is 1. The highest BCUT2D eigenvalue weighted by atomic mass is 127. The lowest BCUT2D eigenvalue weighted by atomic mass is 10.0. The first kappa shape index (κ1) is 14.4. The Morgan fingerprint density at radius 1 is 1.41 bits per heavy atom. The number of aliphatic carboxylic acids is 1. The summed E-state index contributed by atoms with van der Waals surface area (Å²) < 4.78 is 0.540. The zero-order valence-electron chi connectivity index (χ0n) is 8.69. The highest BCUT2D eigenvalue weighted by Gasteiger charge is 2.19. The largest absolute Gasteiger partial charge is 0.479 e. The molecule has 1 rings (SSSR count). The lowest BCUT2D eigenvalue weighted by Gasteiger charge is -2.09. The van der Waals surface area contributed by atoms with Gasteiger partial charge in [-0.05, 0) is 28.7 Å². The number of carboxylic acid groups (broad SMARTS) is 1. The van der Waals surface area contributed by atoms with E-state index in [2.05, 4.69) is 0 Å². The van der Waals surface area contributed by atoms with Crippen molar-refractivity contribution in [3.8, 4) is 0 Å². The smallest absolute Gasteiger partial charge is 0.337 e. The van der Waals surface area contributed by atoms with Crippen molar-refractivity contribution in [1.29, 1.82) is 0 Å². The molecule has 0 saturated heterocycles. The molecule has 0 aromatic heterocycles. The van der Waals surface area contributed by atoms with Crippen LogP contribution in [0.1, 0.15) is 28.4 Å². The number of alkyl halides is 1. The number of benzene rings is 1. The number of aliphatic hydroxyl groups is 1. The van der Waals surface area contributed by atoms with E-state index in [1.807, 2.05) is 22.6 Å². The molecule has 92 valence electrons. The molecular formula is C11H10ClIO4. The summed E-state index contributed by atoms with van der Waals surface area (Å²) in [6.45, 7) is 0. The molecule has 1 atom stereocenters. The van der Waals surface area contributed by atoms with Gasteiger partial charge in [0.2, 0.25) is 0 Å². The summed E-state index contributed by atoms with van der Waals surface area (Å²) >= 11 is 7.36. The van der Waals surface area contributed by atoms with Crippen molar-refractivity contribution >= 4 is 45.9 Å². The molecule has 0 radical (unpaired) electrons. The molecule has 2 N–H and O–H groups in total. The van der Waals surface area contributed by atoms with E-state index in [1.54, 1.807) is 6.07 Å². The Hall–Kier alpha value is -0.660. The van der Waals surface area contributed by atoms with Gasteiger partial charge in [-0.25, -0.2) is 4.79 Å². The van der Waals surface area contributed by atoms with E-state index in [4.69, 9.17) is 16.7 Å². The first-order chi connectivity index (χ1) is 7.97. The molecular weight excluding hydrogens is 358 g/mol. The van der Waals surface area contributed by atoms with Gasteiger partial charge < -0.3 is 10.2 Å². The van der Waals surface area contributed by atoms with Crippen molar-refractivity contribution in [3.63, 3.8) is 0 Å². The van der Waals surface area contributed by atoms with Crippen LogP contribution in [0.3, 0.4) is 0 Å². The highest BCUT2D eigenvalue weighted by Crippen LogP contribution is 2.22. The molecule has 0 heterocycles. The Balaban J connectivity index is 3.01. The molecule has 6 heteroatoms. The molecule has 0 aliphatic carbocycles. The van der Waals surface area contributed by atoms with Gasteiger partial charge >= 0.3 is 5.97 Å². The Labute approximate surface area is 117 Å². The Morgan fingerprint density at radius 3 is 2.53 bits per heavy atom. The van der Waals surface area contributed by atoms with Crippen LogP contribution in [0.25, 0.3) is 0 Å². The van der Waals surface area contributed by atoms with Crippen LogP contribution in [-0.2, 0) is 4.79 Å². The van der Waals surface area contributed by atoms with Crippen molar-refractivity contribution in [2.45, 2.75) is 12.5 Å². The predicted molar refractivity (Wildman–Crippen MR) is 71.4 cm³/mol. The first-order valence-electron chi connectivity index (χ1n) is 4.77. The summed E-state index contributed by atoms with van der Waals surface area (Å²) in [6, 6.07) is 4.50. The molecule has 0 aliphatic heterocycles. The third kappa shape index (κ3) is 3.65. The average Bonchev–Trinajstić information content (AvgIpc) is 2.28. The normalized spacial score (nSPS) is 12.2. The topological polar surface area (TPSA) is 74.6 Å². The van der Waals surface area contributed by atoms with Crippen molar-refractivity contribution in [2.75, 3.05) is 5.88 Å². The first-order valence-corrected chi connectivity index (χ1v) is 6.38. The lowest BCUT2D eigenvalue weighted by molar-refractivity contribution is -0.147. The van der Waals surface area contributed by atoms with E-state index in [1.165, 1.54) is 12.1 Å². The molecule has 1 aromatic rings. The van der Waals surface area contributed by atoms with E-state index in [9.17, 15) is 14.7 Å². The van der Waals surface area contributed by atoms with Gasteiger partial charge in [0, 0.05) is 27.0 Å². The number of carbonyl (C=O) groups is 2. The molecule has 0 fully saturated rings. The summed E-state index contributed by atoms with van der Waals surface area (Å²) in [4.78, 5) is 22.2. The van der Waals surface area contributed by atoms with Crippen LogP contribution in [-0.4, -0.2) is 27.8 Å². The van der Waals surface area contributed by atoms with Gasteiger partial charge in [0.05, 0.1) is 0 Å². The molecule has 4 nitrogen and oxygen atoms in total. The van der Waals surface area contributed by atoms with Gasteiger partial charge in [0.25, 0.3) is 0 Å². The summed E-state index contributed by atoms with van der Waals surface area (Å²) in [7, 11) is 0. The van der Waals surface area contributed by atoms with Crippen LogP contribution in [0.2, 0.25) is 0 Å². The van der Waals surface area contributed by atoms with Gasteiger partial charge in [0.1, 0.15) is 0 Å². The zero-order valence-corrected chi connectivity index (χ0v) is 11.6. The fourth-order valence-electron chi connectivity index (χ4n) is 1.29. The molecule has 0 amide bonds. The fraction of sp³-hybridized carbons (Fsp3) is 0.273. The second-order valence-electron chi connectivity index (χ2n) is 3.34. The third-order valence-electron chi connectivity index (χ3n) is 2.17. The van der Waals surface area contributed by atoms with Crippen molar-refractivity contribution in [2.24, 2.45) is 0 Å². The van der Waals surface area contributed by atoms with Crippen LogP contribution in [0.4, 0.5) is 0 Å². The van der Waals surface area contributed by atoms with E-state index in [0.717, 1.165) is 0 Å². The molecule has 0 saturated carbocycles. The van der Waals surface area contributed by atoms with Crippen molar-refractivity contribution in [3.05, 3.63) is 32.9 Å². The minimum atomic E-state index is -1.57. The van der Waals surface area contributed by atoms with Gasteiger partial charge in [-0.1, -0.05) is 12.1 Å². The Morgan fingerprint density at radius 2 is 2.06 bits per heavy atom. The van der Waals surface area contributed by atoms with E-state index < -0.39 is 12.1 Å². The minimum absolute atomic E-state index is 0.103.